The Balaban J connectivity index is 1.52. The Morgan fingerprint density at radius 2 is 1.74 bits per heavy atom. The lowest BCUT2D eigenvalue weighted by atomic mass is 10.0. The second-order valence-electron chi connectivity index (χ2n) is 9.80. The molecule has 0 unspecified atom stereocenters. The molecule has 0 fully saturated rings. The summed E-state index contributed by atoms with van der Waals surface area (Å²) in [6, 6.07) is 22.5. The van der Waals surface area contributed by atoms with Crippen LogP contribution in [0.2, 0.25) is 0 Å². The molecule has 2 heterocycles. The van der Waals surface area contributed by atoms with E-state index in [-0.39, 0.29) is 17.4 Å². The van der Waals surface area contributed by atoms with Gasteiger partial charge < -0.3 is 4.98 Å². The van der Waals surface area contributed by atoms with Gasteiger partial charge >= 0.3 is 0 Å². The Hall–Kier alpha value is -4.17. The van der Waals surface area contributed by atoms with Crippen molar-refractivity contribution in [3.63, 3.8) is 0 Å². The topological polar surface area (TPSA) is 79.7 Å². The molecule has 1 N–H and O–H groups in total. The van der Waals surface area contributed by atoms with Gasteiger partial charge in [-0.25, -0.2) is 9.07 Å². The minimum absolute atomic E-state index is 0.0960. The van der Waals surface area contributed by atoms with Crippen molar-refractivity contribution in [1.82, 2.24) is 30.1 Å². The van der Waals surface area contributed by atoms with Crippen LogP contribution in [0.4, 0.5) is 4.39 Å². The van der Waals surface area contributed by atoms with Crippen LogP contribution >= 0.6 is 0 Å². The van der Waals surface area contributed by atoms with Crippen LogP contribution in [0.3, 0.4) is 0 Å². The monoisotopic (exact) mass is 510 g/mol. The SMILES string of the molecule is CC[C@@H](c1nnnn1Cc1ccc(F)cc1)N(Cc1ccccc1)Cc1cc2c(C)cc(C)cc2[nH]c1=O. The van der Waals surface area contributed by atoms with Gasteiger partial charge in [0.25, 0.3) is 5.56 Å². The van der Waals surface area contributed by atoms with Crippen LogP contribution in [-0.2, 0) is 19.6 Å². The second kappa shape index (κ2) is 11.1. The molecule has 0 radical (unpaired) electrons. The molecule has 0 saturated carbocycles. The maximum atomic E-state index is 13.4. The van der Waals surface area contributed by atoms with E-state index in [1.165, 1.54) is 12.1 Å². The molecule has 0 saturated heterocycles. The lowest BCUT2D eigenvalue weighted by Crippen LogP contribution is -2.32. The fourth-order valence-corrected chi connectivity index (χ4v) is 5.08. The maximum absolute atomic E-state index is 13.4. The number of halogens is 1. The number of hydrogen-bond donors (Lipinski definition) is 1. The minimum atomic E-state index is -0.280. The average Bonchev–Trinajstić information content (AvgIpc) is 3.35. The van der Waals surface area contributed by atoms with E-state index in [0.717, 1.165) is 39.6 Å². The Kier molecular flexibility index (Phi) is 7.42. The molecule has 38 heavy (non-hydrogen) atoms. The van der Waals surface area contributed by atoms with Crippen LogP contribution in [0.5, 0.6) is 0 Å². The first-order valence-electron chi connectivity index (χ1n) is 12.8. The van der Waals surface area contributed by atoms with Crippen molar-refractivity contribution in [3.8, 4) is 0 Å². The Bertz CT molecular complexity index is 1590. The predicted octanol–water partition coefficient (Wildman–Crippen LogP) is 5.47. The zero-order valence-corrected chi connectivity index (χ0v) is 21.9. The normalized spacial score (nSPS) is 12.3. The molecule has 5 rings (SSSR count). The molecule has 0 spiro atoms. The molecule has 194 valence electrons. The van der Waals surface area contributed by atoms with Gasteiger partial charge in [0, 0.05) is 29.6 Å². The quantitative estimate of drug-likeness (QED) is 0.284. The number of hydrogen-bond acceptors (Lipinski definition) is 5. The fraction of sp³-hybridized carbons (Fsp3) is 0.267. The van der Waals surface area contributed by atoms with E-state index in [0.29, 0.717) is 31.0 Å². The molecular formula is C30H31FN6O. The van der Waals surface area contributed by atoms with Crippen molar-refractivity contribution in [2.75, 3.05) is 0 Å². The van der Waals surface area contributed by atoms with Crippen molar-refractivity contribution >= 4 is 10.9 Å². The van der Waals surface area contributed by atoms with Crippen LogP contribution in [0, 0.1) is 19.7 Å². The summed E-state index contributed by atoms with van der Waals surface area (Å²) < 4.78 is 15.2. The molecule has 0 aliphatic rings. The highest BCUT2D eigenvalue weighted by atomic mass is 19.1. The molecule has 0 aliphatic heterocycles. The number of fused-ring (bicyclic) bond motifs is 1. The van der Waals surface area contributed by atoms with Crippen molar-refractivity contribution in [1.29, 1.82) is 0 Å². The van der Waals surface area contributed by atoms with Crippen molar-refractivity contribution in [2.24, 2.45) is 0 Å². The lowest BCUT2D eigenvalue weighted by molar-refractivity contribution is 0.161. The van der Waals surface area contributed by atoms with E-state index in [9.17, 15) is 9.18 Å². The number of aromatic amines is 1. The third-order valence-corrected chi connectivity index (χ3v) is 6.92. The van der Waals surface area contributed by atoms with Crippen LogP contribution < -0.4 is 5.56 Å². The van der Waals surface area contributed by atoms with E-state index >= 15 is 0 Å². The van der Waals surface area contributed by atoms with Gasteiger partial charge in [-0.1, -0.05) is 55.5 Å². The Labute approximate surface area is 220 Å². The molecule has 7 nitrogen and oxygen atoms in total. The number of pyridine rings is 1. The number of nitrogens with one attached hydrogen (secondary N) is 1. The zero-order chi connectivity index (χ0) is 26.6. The average molecular weight is 511 g/mol. The summed E-state index contributed by atoms with van der Waals surface area (Å²) in [5.74, 6) is 0.425. The maximum Gasteiger partial charge on any atom is 0.252 e. The number of aryl methyl sites for hydroxylation is 2. The highest BCUT2D eigenvalue weighted by molar-refractivity contribution is 5.83. The molecule has 1 atom stereocenters. The van der Waals surface area contributed by atoms with E-state index in [4.69, 9.17) is 0 Å². The molecule has 3 aromatic carbocycles. The number of H-pyrrole nitrogens is 1. The standard InChI is InChI=1S/C30H31FN6O/c1-4-28(29-33-34-35-37(29)18-23-10-12-25(31)13-11-23)36(17-22-8-6-5-7-9-22)19-24-16-26-21(3)14-20(2)15-27(26)32-30(24)38/h5-16,28H,4,17-19H2,1-3H3,(H,32,38)/t28-/m0/s1. The summed E-state index contributed by atoms with van der Waals surface area (Å²) in [4.78, 5) is 18.6. The van der Waals surface area contributed by atoms with Gasteiger partial charge in [0.05, 0.1) is 12.6 Å². The molecule has 8 heteroatoms. The molecule has 2 aromatic heterocycles. The summed E-state index contributed by atoms with van der Waals surface area (Å²) in [5.41, 5.74) is 5.72. The lowest BCUT2D eigenvalue weighted by Gasteiger charge is -2.30. The largest absolute Gasteiger partial charge is 0.322 e. The zero-order valence-electron chi connectivity index (χ0n) is 21.9. The predicted molar refractivity (Wildman–Crippen MR) is 146 cm³/mol. The summed E-state index contributed by atoms with van der Waals surface area (Å²) in [6.45, 7) is 7.66. The van der Waals surface area contributed by atoms with Gasteiger partial charge in [0.2, 0.25) is 0 Å². The summed E-state index contributed by atoms with van der Waals surface area (Å²) in [6.07, 6.45) is 0.736. The van der Waals surface area contributed by atoms with Gasteiger partial charge in [-0.3, -0.25) is 9.69 Å². The summed E-state index contributed by atoms with van der Waals surface area (Å²) in [5, 5.41) is 13.7. The van der Waals surface area contributed by atoms with Crippen molar-refractivity contribution in [3.05, 3.63) is 123 Å². The Morgan fingerprint density at radius 1 is 0.974 bits per heavy atom. The highest BCUT2D eigenvalue weighted by Crippen LogP contribution is 2.27. The summed E-state index contributed by atoms with van der Waals surface area (Å²) in [7, 11) is 0. The van der Waals surface area contributed by atoms with E-state index in [1.54, 1.807) is 16.8 Å². The van der Waals surface area contributed by atoms with Crippen LogP contribution in [0.1, 0.15) is 53.0 Å². The summed E-state index contributed by atoms with van der Waals surface area (Å²) >= 11 is 0. The first-order valence-corrected chi connectivity index (χ1v) is 12.8. The second-order valence-corrected chi connectivity index (χ2v) is 9.80. The number of aromatic nitrogens is 5. The highest BCUT2D eigenvalue weighted by Gasteiger charge is 2.26. The first-order chi connectivity index (χ1) is 18.4. The van der Waals surface area contributed by atoms with Crippen molar-refractivity contribution in [2.45, 2.75) is 52.9 Å². The number of nitrogens with zero attached hydrogens (tertiary/aromatic N) is 5. The molecule has 0 bridgehead atoms. The molecule has 0 aliphatic carbocycles. The van der Waals surface area contributed by atoms with Crippen LogP contribution in [0.15, 0.2) is 77.6 Å². The van der Waals surface area contributed by atoms with Gasteiger partial charge in [-0.15, -0.1) is 5.10 Å². The van der Waals surface area contributed by atoms with E-state index < -0.39 is 0 Å². The molecular weight excluding hydrogens is 479 g/mol. The molecule has 0 amide bonds. The Morgan fingerprint density at radius 3 is 2.47 bits per heavy atom. The third-order valence-electron chi connectivity index (χ3n) is 6.92. The van der Waals surface area contributed by atoms with Gasteiger partial charge in [0.1, 0.15) is 5.82 Å². The smallest absolute Gasteiger partial charge is 0.252 e. The van der Waals surface area contributed by atoms with E-state index in [2.05, 4.69) is 57.5 Å². The van der Waals surface area contributed by atoms with Gasteiger partial charge in [-0.2, -0.15) is 0 Å². The molecule has 5 aromatic rings. The van der Waals surface area contributed by atoms with Crippen LogP contribution in [0.25, 0.3) is 10.9 Å². The van der Waals surface area contributed by atoms with Crippen LogP contribution in [-0.4, -0.2) is 30.1 Å². The van der Waals surface area contributed by atoms with E-state index in [1.807, 2.05) is 37.3 Å². The van der Waals surface area contributed by atoms with Gasteiger partial charge in [-0.05, 0) is 77.2 Å². The van der Waals surface area contributed by atoms with Gasteiger partial charge in [0.15, 0.2) is 5.82 Å². The number of tetrazole rings is 1. The minimum Gasteiger partial charge on any atom is -0.322 e. The first kappa shape index (κ1) is 25.5. The fourth-order valence-electron chi connectivity index (χ4n) is 5.08. The number of rotatable bonds is 9. The van der Waals surface area contributed by atoms with Crippen molar-refractivity contribution < 1.29 is 4.39 Å². The number of benzene rings is 3. The third kappa shape index (κ3) is 5.55.